The Morgan fingerprint density at radius 1 is 1.56 bits per heavy atom. The van der Waals surface area contributed by atoms with Gasteiger partial charge in [-0.05, 0) is 25.5 Å². The normalized spacial score (nSPS) is 19.7. The third-order valence-electron chi connectivity index (χ3n) is 2.69. The van der Waals surface area contributed by atoms with Crippen molar-refractivity contribution < 1.29 is 9.66 Å². The van der Waals surface area contributed by atoms with Gasteiger partial charge in [0.15, 0.2) is 5.75 Å². The van der Waals surface area contributed by atoms with Gasteiger partial charge >= 0.3 is 5.69 Å². The molecule has 0 aliphatic carbocycles. The zero-order chi connectivity index (χ0) is 11.5. The van der Waals surface area contributed by atoms with E-state index >= 15 is 0 Å². The van der Waals surface area contributed by atoms with Crippen molar-refractivity contribution in [1.29, 1.82) is 0 Å². The molecule has 1 fully saturated rings. The number of hydrogen-bond acceptors (Lipinski definition) is 4. The molecular weight excluding hydrogens is 208 g/mol. The maximum atomic E-state index is 10.9. The molecule has 0 bridgehead atoms. The monoisotopic (exact) mass is 222 g/mol. The molecule has 0 radical (unpaired) electrons. The van der Waals surface area contributed by atoms with Gasteiger partial charge in [0.25, 0.3) is 0 Å². The second-order valence-corrected chi connectivity index (χ2v) is 3.91. The Balaban J connectivity index is 2.26. The number of para-hydroxylation sites is 1. The number of rotatable bonds is 3. The van der Waals surface area contributed by atoms with E-state index in [2.05, 4.69) is 5.32 Å². The maximum Gasteiger partial charge on any atom is 0.311 e. The van der Waals surface area contributed by atoms with Crippen LogP contribution in [0.15, 0.2) is 18.2 Å². The number of aryl methyl sites for hydroxylation is 1. The van der Waals surface area contributed by atoms with Crippen molar-refractivity contribution in [2.75, 3.05) is 13.1 Å². The van der Waals surface area contributed by atoms with Gasteiger partial charge in [0.1, 0.15) is 6.10 Å². The summed E-state index contributed by atoms with van der Waals surface area (Å²) in [5.74, 6) is 0.404. The Kier molecular flexibility index (Phi) is 3.05. The molecule has 0 aromatic heterocycles. The first-order chi connectivity index (χ1) is 7.68. The number of benzene rings is 1. The van der Waals surface area contributed by atoms with Gasteiger partial charge in [0, 0.05) is 12.6 Å². The first kappa shape index (κ1) is 10.9. The molecule has 2 rings (SSSR count). The molecule has 0 spiro atoms. The Labute approximate surface area is 93.6 Å². The molecule has 1 aliphatic rings. The molecule has 16 heavy (non-hydrogen) atoms. The predicted molar refractivity (Wildman–Crippen MR) is 59.7 cm³/mol. The van der Waals surface area contributed by atoms with Crippen LogP contribution in [0.3, 0.4) is 0 Å². The molecule has 86 valence electrons. The number of nitrogens with zero attached hydrogens (tertiary/aromatic N) is 1. The average molecular weight is 222 g/mol. The molecule has 0 amide bonds. The van der Waals surface area contributed by atoms with Crippen molar-refractivity contribution in [1.82, 2.24) is 5.32 Å². The smallest absolute Gasteiger partial charge is 0.311 e. The van der Waals surface area contributed by atoms with Gasteiger partial charge in [-0.15, -0.1) is 0 Å². The number of nitrogens with one attached hydrogen (secondary N) is 1. The third kappa shape index (κ3) is 2.14. The molecule has 1 saturated heterocycles. The van der Waals surface area contributed by atoms with Gasteiger partial charge in [-0.2, -0.15) is 0 Å². The molecule has 5 heteroatoms. The van der Waals surface area contributed by atoms with Gasteiger partial charge in [-0.25, -0.2) is 0 Å². The van der Waals surface area contributed by atoms with Crippen molar-refractivity contribution in [3.63, 3.8) is 0 Å². The van der Waals surface area contributed by atoms with Gasteiger partial charge in [0.2, 0.25) is 0 Å². The summed E-state index contributed by atoms with van der Waals surface area (Å²) < 4.78 is 5.69. The lowest BCUT2D eigenvalue weighted by molar-refractivity contribution is -0.386. The van der Waals surface area contributed by atoms with E-state index < -0.39 is 4.92 Å². The van der Waals surface area contributed by atoms with Crippen molar-refractivity contribution in [2.24, 2.45) is 0 Å². The van der Waals surface area contributed by atoms with Crippen molar-refractivity contribution in [3.05, 3.63) is 33.9 Å². The van der Waals surface area contributed by atoms with Crippen LogP contribution >= 0.6 is 0 Å². The van der Waals surface area contributed by atoms with E-state index in [0.29, 0.717) is 5.75 Å². The zero-order valence-corrected chi connectivity index (χ0v) is 9.10. The fourth-order valence-corrected chi connectivity index (χ4v) is 1.83. The Bertz CT molecular complexity index is 400. The summed E-state index contributed by atoms with van der Waals surface area (Å²) in [6.45, 7) is 3.49. The van der Waals surface area contributed by atoms with Gasteiger partial charge in [0.05, 0.1) is 4.92 Å². The van der Waals surface area contributed by atoms with Crippen LogP contribution in [0.5, 0.6) is 5.75 Å². The lowest BCUT2D eigenvalue weighted by atomic mass is 10.2. The highest BCUT2D eigenvalue weighted by molar-refractivity contribution is 5.51. The number of hydrogen-bond donors (Lipinski definition) is 1. The summed E-state index contributed by atoms with van der Waals surface area (Å²) in [4.78, 5) is 10.5. The van der Waals surface area contributed by atoms with E-state index in [1.165, 1.54) is 6.07 Å². The number of nitro groups is 1. The number of nitro benzene ring substituents is 1. The quantitative estimate of drug-likeness (QED) is 0.623. The molecule has 1 unspecified atom stereocenters. The summed E-state index contributed by atoms with van der Waals surface area (Å²) in [6, 6.07) is 4.97. The molecule has 1 aromatic rings. The highest BCUT2D eigenvalue weighted by Gasteiger charge is 2.22. The van der Waals surface area contributed by atoms with E-state index in [9.17, 15) is 10.1 Å². The van der Waals surface area contributed by atoms with Crippen molar-refractivity contribution in [2.45, 2.75) is 19.4 Å². The van der Waals surface area contributed by atoms with Crippen molar-refractivity contribution >= 4 is 5.69 Å². The molecule has 5 nitrogen and oxygen atoms in total. The van der Waals surface area contributed by atoms with Crippen LogP contribution < -0.4 is 10.1 Å². The minimum Gasteiger partial charge on any atom is -0.482 e. The summed E-state index contributed by atoms with van der Waals surface area (Å²) in [7, 11) is 0. The van der Waals surface area contributed by atoms with Crippen LogP contribution in [0.25, 0.3) is 0 Å². The molecule has 1 N–H and O–H groups in total. The Hall–Kier alpha value is -1.62. The first-order valence-electron chi connectivity index (χ1n) is 5.30. The maximum absolute atomic E-state index is 10.9. The van der Waals surface area contributed by atoms with Crippen LogP contribution in [0, 0.1) is 17.0 Å². The molecule has 1 aliphatic heterocycles. The minimum absolute atomic E-state index is 0.0415. The first-order valence-corrected chi connectivity index (χ1v) is 5.30. The van der Waals surface area contributed by atoms with E-state index in [1.807, 2.05) is 13.0 Å². The predicted octanol–water partition coefficient (Wildman–Crippen LogP) is 1.64. The Morgan fingerprint density at radius 2 is 2.38 bits per heavy atom. The third-order valence-corrected chi connectivity index (χ3v) is 2.69. The van der Waals surface area contributed by atoms with Crippen LogP contribution in [0.2, 0.25) is 0 Å². The van der Waals surface area contributed by atoms with E-state index in [4.69, 9.17) is 4.74 Å². The van der Waals surface area contributed by atoms with Crippen LogP contribution in [-0.2, 0) is 0 Å². The molecular formula is C11H14N2O3. The average Bonchev–Trinajstić information content (AvgIpc) is 2.73. The summed E-state index contributed by atoms with van der Waals surface area (Å²) in [6.07, 6.45) is 0.936. The molecule has 1 aromatic carbocycles. The minimum atomic E-state index is -0.398. The summed E-state index contributed by atoms with van der Waals surface area (Å²) >= 11 is 0. The van der Waals surface area contributed by atoms with E-state index in [1.54, 1.807) is 6.07 Å². The summed E-state index contributed by atoms with van der Waals surface area (Å²) in [5, 5.41) is 14.0. The lowest BCUT2D eigenvalue weighted by Gasteiger charge is -2.14. The van der Waals surface area contributed by atoms with Crippen LogP contribution in [0.4, 0.5) is 5.69 Å². The topological polar surface area (TPSA) is 64.4 Å². The Morgan fingerprint density at radius 3 is 3.00 bits per heavy atom. The fraction of sp³-hybridized carbons (Fsp3) is 0.455. The second-order valence-electron chi connectivity index (χ2n) is 3.91. The second kappa shape index (κ2) is 4.49. The number of ether oxygens (including phenoxy) is 1. The van der Waals surface area contributed by atoms with E-state index in [-0.39, 0.29) is 11.8 Å². The molecule has 0 saturated carbocycles. The van der Waals surface area contributed by atoms with E-state index in [0.717, 1.165) is 25.1 Å². The van der Waals surface area contributed by atoms with Gasteiger partial charge in [-0.3, -0.25) is 10.1 Å². The highest BCUT2D eigenvalue weighted by atomic mass is 16.6. The van der Waals surface area contributed by atoms with Crippen molar-refractivity contribution in [3.8, 4) is 5.75 Å². The summed E-state index contributed by atoms with van der Waals surface area (Å²) in [5.41, 5.74) is 0.855. The fourth-order valence-electron chi connectivity index (χ4n) is 1.83. The largest absolute Gasteiger partial charge is 0.482 e. The molecule has 1 atom stereocenters. The van der Waals surface area contributed by atoms with Crippen LogP contribution in [-0.4, -0.2) is 24.1 Å². The van der Waals surface area contributed by atoms with Crippen LogP contribution in [0.1, 0.15) is 12.0 Å². The van der Waals surface area contributed by atoms with Gasteiger partial charge in [-0.1, -0.05) is 12.1 Å². The highest BCUT2D eigenvalue weighted by Crippen LogP contribution is 2.31. The lowest BCUT2D eigenvalue weighted by Crippen LogP contribution is -2.20. The standard InChI is InChI=1S/C11H14N2O3/c1-8-3-2-4-10(13(14)15)11(8)16-9-5-6-12-7-9/h2-4,9,12H,5-7H2,1H3. The van der Waals surface area contributed by atoms with Gasteiger partial charge < -0.3 is 10.1 Å². The molecule has 1 heterocycles. The zero-order valence-electron chi connectivity index (χ0n) is 9.10. The SMILES string of the molecule is Cc1cccc([N+](=O)[O-])c1OC1CCNC1.